The number of hydrogen-bond donors (Lipinski definition) is 1. The van der Waals surface area contributed by atoms with Crippen molar-refractivity contribution in [3.63, 3.8) is 0 Å². The van der Waals surface area contributed by atoms with Crippen LogP contribution in [-0.4, -0.2) is 16.3 Å². The average Bonchev–Trinajstić information content (AvgIpc) is 2.68. The summed E-state index contributed by atoms with van der Waals surface area (Å²) in [5.41, 5.74) is 6.36. The second-order valence-corrected chi connectivity index (χ2v) is 5.61. The fourth-order valence-electron chi connectivity index (χ4n) is 2.56. The molecule has 0 fully saturated rings. The average molecular weight is 271 g/mol. The Balaban J connectivity index is 2.07. The minimum absolute atomic E-state index is 0.844. The first-order valence-corrected chi connectivity index (χ1v) is 7.39. The lowest BCUT2D eigenvalue weighted by Crippen LogP contribution is -2.13. The highest BCUT2D eigenvalue weighted by Crippen LogP contribution is 2.12. The molecule has 1 aromatic heterocycles. The van der Waals surface area contributed by atoms with E-state index in [2.05, 4.69) is 62.5 Å². The minimum Gasteiger partial charge on any atom is -0.313 e. The number of aromatic nitrogens is 2. The van der Waals surface area contributed by atoms with Crippen molar-refractivity contribution >= 4 is 0 Å². The van der Waals surface area contributed by atoms with Gasteiger partial charge in [0, 0.05) is 18.3 Å². The van der Waals surface area contributed by atoms with Gasteiger partial charge in [0.05, 0.1) is 12.2 Å². The molecule has 2 rings (SSSR count). The molecule has 2 aromatic rings. The van der Waals surface area contributed by atoms with Crippen molar-refractivity contribution in [1.82, 2.24) is 15.1 Å². The van der Waals surface area contributed by atoms with Gasteiger partial charge in [0.15, 0.2) is 0 Å². The fraction of sp³-hybridized carbons (Fsp3) is 0.471. The number of aryl methyl sites for hydroxylation is 3. The van der Waals surface area contributed by atoms with E-state index >= 15 is 0 Å². The van der Waals surface area contributed by atoms with Crippen LogP contribution in [0.25, 0.3) is 0 Å². The lowest BCUT2D eigenvalue weighted by Gasteiger charge is -2.05. The zero-order valence-electron chi connectivity index (χ0n) is 13.0. The third-order valence-electron chi connectivity index (χ3n) is 3.42. The highest BCUT2D eigenvalue weighted by Gasteiger charge is 2.05. The van der Waals surface area contributed by atoms with Crippen LogP contribution in [0.3, 0.4) is 0 Å². The van der Waals surface area contributed by atoms with Crippen LogP contribution in [0.5, 0.6) is 0 Å². The van der Waals surface area contributed by atoms with Crippen molar-refractivity contribution < 1.29 is 0 Å². The molecule has 20 heavy (non-hydrogen) atoms. The Morgan fingerprint density at radius 3 is 2.45 bits per heavy atom. The van der Waals surface area contributed by atoms with Crippen LogP contribution < -0.4 is 5.32 Å². The first-order chi connectivity index (χ1) is 9.58. The molecule has 0 radical (unpaired) electrons. The number of nitrogens with zero attached hydrogens (tertiary/aromatic N) is 2. The summed E-state index contributed by atoms with van der Waals surface area (Å²) in [7, 11) is 0. The highest BCUT2D eigenvalue weighted by atomic mass is 15.3. The van der Waals surface area contributed by atoms with E-state index in [1.165, 1.54) is 22.3 Å². The summed E-state index contributed by atoms with van der Waals surface area (Å²) in [5, 5.41) is 8.05. The summed E-state index contributed by atoms with van der Waals surface area (Å²) in [6.07, 6.45) is 3.32. The van der Waals surface area contributed by atoms with E-state index in [1.54, 1.807) is 0 Å². The van der Waals surface area contributed by atoms with Crippen LogP contribution in [0.4, 0.5) is 0 Å². The molecule has 108 valence electrons. The van der Waals surface area contributed by atoms with Gasteiger partial charge in [0.25, 0.3) is 0 Å². The van der Waals surface area contributed by atoms with Gasteiger partial charge < -0.3 is 5.32 Å². The predicted molar refractivity (Wildman–Crippen MR) is 84.0 cm³/mol. The summed E-state index contributed by atoms with van der Waals surface area (Å²) < 4.78 is 2.05. The van der Waals surface area contributed by atoms with E-state index in [0.717, 1.165) is 31.7 Å². The van der Waals surface area contributed by atoms with Crippen LogP contribution in [0.1, 0.15) is 41.3 Å². The molecule has 0 aliphatic heterocycles. The van der Waals surface area contributed by atoms with E-state index in [1.807, 2.05) is 4.68 Å². The molecule has 0 saturated carbocycles. The molecular weight excluding hydrogens is 246 g/mol. The Bertz CT molecular complexity index is 549. The predicted octanol–water partition coefficient (Wildman–Crippen LogP) is 3.36. The first-order valence-electron chi connectivity index (χ1n) is 7.39. The zero-order valence-corrected chi connectivity index (χ0v) is 13.0. The SMILES string of the molecule is CCCNCc1cn(Cc2cc(C)cc(C)c2)nc1C. The van der Waals surface area contributed by atoms with Crippen LogP contribution >= 0.6 is 0 Å². The highest BCUT2D eigenvalue weighted by molar-refractivity contribution is 5.29. The molecule has 0 atom stereocenters. The second kappa shape index (κ2) is 6.71. The smallest absolute Gasteiger partial charge is 0.0659 e. The van der Waals surface area contributed by atoms with Crippen molar-refractivity contribution in [3.05, 3.63) is 52.3 Å². The van der Waals surface area contributed by atoms with Gasteiger partial charge in [-0.3, -0.25) is 4.68 Å². The first kappa shape index (κ1) is 14.8. The van der Waals surface area contributed by atoms with E-state index in [9.17, 15) is 0 Å². The molecule has 0 amide bonds. The Morgan fingerprint density at radius 2 is 1.80 bits per heavy atom. The molecule has 3 nitrogen and oxygen atoms in total. The minimum atomic E-state index is 0.844. The maximum absolute atomic E-state index is 4.62. The van der Waals surface area contributed by atoms with Gasteiger partial charge in [-0.2, -0.15) is 5.10 Å². The van der Waals surface area contributed by atoms with Crippen LogP contribution in [0.15, 0.2) is 24.4 Å². The molecule has 1 heterocycles. The van der Waals surface area contributed by atoms with Gasteiger partial charge in [0.2, 0.25) is 0 Å². The van der Waals surface area contributed by atoms with Gasteiger partial charge in [-0.15, -0.1) is 0 Å². The van der Waals surface area contributed by atoms with E-state index in [4.69, 9.17) is 0 Å². The van der Waals surface area contributed by atoms with Crippen LogP contribution in [0, 0.1) is 20.8 Å². The topological polar surface area (TPSA) is 29.9 Å². The van der Waals surface area contributed by atoms with E-state index in [-0.39, 0.29) is 0 Å². The molecule has 0 saturated heterocycles. The summed E-state index contributed by atoms with van der Waals surface area (Å²) in [6.45, 7) is 11.4. The Labute approximate surface area is 122 Å². The molecule has 3 heteroatoms. The fourth-order valence-corrected chi connectivity index (χ4v) is 2.56. The molecular formula is C17H25N3. The number of benzene rings is 1. The van der Waals surface area contributed by atoms with Crippen molar-refractivity contribution in [3.8, 4) is 0 Å². The standard InChI is InChI=1S/C17H25N3/c1-5-6-18-10-17-12-20(19-15(17)4)11-16-8-13(2)7-14(3)9-16/h7-9,12,18H,5-6,10-11H2,1-4H3. The molecule has 0 bridgehead atoms. The van der Waals surface area contributed by atoms with Crippen molar-refractivity contribution in [2.45, 2.75) is 47.2 Å². The van der Waals surface area contributed by atoms with Gasteiger partial charge in [-0.25, -0.2) is 0 Å². The third kappa shape index (κ3) is 3.94. The van der Waals surface area contributed by atoms with Gasteiger partial charge in [-0.05, 0) is 39.3 Å². The Morgan fingerprint density at radius 1 is 1.10 bits per heavy atom. The van der Waals surface area contributed by atoms with Crippen molar-refractivity contribution in [2.75, 3.05) is 6.54 Å². The summed E-state index contributed by atoms with van der Waals surface area (Å²) >= 11 is 0. The summed E-state index contributed by atoms with van der Waals surface area (Å²) in [5.74, 6) is 0. The molecule has 0 aliphatic carbocycles. The largest absolute Gasteiger partial charge is 0.313 e. The monoisotopic (exact) mass is 271 g/mol. The second-order valence-electron chi connectivity index (χ2n) is 5.61. The maximum Gasteiger partial charge on any atom is 0.0659 e. The van der Waals surface area contributed by atoms with Gasteiger partial charge in [-0.1, -0.05) is 36.2 Å². The molecule has 0 aliphatic rings. The lowest BCUT2D eigenvalue weighted by atomic mass is 10.1. The maximum atomic E-state index is 4.62. The molecule has 0 spiro atoms. The van der Waals surface area contributed by atoms with Gasteiger partial charge >= 0.3 is 0 Å². The molecule has 1 N–H and O–H groups in total. The van der Waals surface area contributed by atoms with Crippen LogP contribution in [0.2, 0.25) is 0 Å². The van der Waals surface area contributed by atoms with E-state index < -0.39 is 0 Å². The quantitative estimate of drug-likeness (QED) is 0.817. The number of rotatable bonds is 6. The third-order valence-corrected chi connectivity index (χ3v) is 3.42. The van der Waals surface area contributed by atoms with E-state index in [0.29, 0.717) is 0 Å². The summed E-state index contributed by atoms with van der Waals surface area (Å²) in [6, 6.07) is 6.68. The van der Waals surface area contributed by atoms with Crippen LogP contribution in [-0.2, 0) is 13.1 Å². The Hall–Kier alpha value is -1.61. The summed E-state index contributed by atoms with van der Waals surface area (Å²) in [4.78, 5) is 0. The van der Waals surface area contributed by atoms with Gasteiger partial charge in [0.1, 0.15) is 0 Å². The van der Waals surface area contributed by atoms with Crippen molar-refractivity contribution in [1.29, 1.82) is 0 Å². The van der Waals surface area contributed by atoms with Crippen molar-refractivity contribution in [2.24, 2.45) is 0 Å². The zero-order chi connectivity index (χ0) is 14.5. The number of hydrogen-bond acceptors (Lipinski definition) is 2. The Kier molecular flexibility index (Phi) is 4.96. The lowest BCUT2D eigenvalue weighted by molar-refractivity contribution is 0.668. The normalized spacial score (nSPS) is 11.0. The number of nitrogens with one attached hydrogen (secondary N) is 1. The molecule has 1 aromatic carbocycles. The molecule has 0 unspecified atom stereocenters.